The predicted molar refractivity (Wildman–Crippen MR) is 81.3 cm³/mol. The third-order valence-corrected chi connectivity index (χ3v) is 3.20. The van der Waals surface area contributed by atoms with Crippen molar-refractivity contribution in [3.63, 3.8) is 0 Å². The fourth-order valence-electron chi connectivity index (χ4n) is 2.18. The number of hydrogen-bond donors (Lipinski definition) is 1. The topological polar surface area (TPSA) is 40.5 Å². The molecule has 2 rings (SSSR count). The Balaban J connectivity index is 2.29. The summed E-state index contributed by atoms with van der Waals surface area (Å²) in [5.74, 6) is -0.0903. The van der Waals surface area contributed by atoms with Gasteiger partial charge in [-0.15, -0.1) is 0 Å². The van der Waals surface area contributed by atoms with E-state index in [1.165, 1.54) is 4.90 Å². The molecule has 3 nitrogen and oxygen atoms in total. The molecule has 0 radical (unpaired) electrons. The molecule has 0 heterocycles. The lowest BCUT2D eigenvalue weighted by molar-refractivity contribution is -0.120. The van der Waals surface area contributed by atoms with Crippen LogP contribution in [-0.4, -0.2) is 17.2 Å². The first-order chi connectivity index (χ1) is 9.63. The summed E-state index contributed by atoms with van der Waals surface area (Å²) in [5, 5.41) is 9.76. The first-order valence-corrected chi connectivity index (χ1v) is 6.79. The Morgan fingerprint density at radius 1 is 1.05 bits per heavy atom. The zero-order chi connectivity index (χ0) is 14.5. The van der Waals surface area contributed by atoms with Gasteiger partial charge in [-0.2, -0.15) is 0 Å². The molecule has 0 aromatic heterocycles. The van der Waals surface area contributed by atoms with Crippen LogP contribution in [0.2, 0.25) is 0 Å². The molecule has 0 aliphatic rings. The Kier molecular flexibility index (Phi) is 4.53. The predicted octanol–water partition coefficient (Wildman–Crippen LogP) is 3.43. The minimum atomic E-state index is -0.829. The van der Waals surface area contributed by atoms with E-state index in [2.05, 4.69) is 0 Å². The van der Waals surface area contributed by atoms with Crippen LogP contribution in [0.4, 0.5) is 5.69 Å². The monoisotopic (exact) mass is 269 g/mol. The van der Waals surface area contributed by atoms with Gasteiger partial charge in [-0.3, -0.25) is 9.69 Å². The summed E-state index contributed by atoms with van der Waals surface area (Å²) in [4.78, 5) is 13.3. The van der Waals surface area contributed by atoms with Crippen LogP contribution >= 0.6 is 0 Å². The molecule has 0 saturated carbocycles. The number of benzene rings is 2. The van der Waals surface area contributed by atoms with Crippen molar-refractivity contribution in [2.45, 2.75) is 26.5 Å². The number of aliphatic hydroxyl groups is 1. The SMILES string of the molecule is CCC(=O)N(c1ccc(-c2ccccc2)cc1)C(C)O. The standard InChI is InChI=1S/C17H19NO2/c1-3-17(20)18(13(2)19)16-11-9-15(10-12-16)14-7-5-4-6-8-14/h4-13,19H,3H2,1-2H3. The lowest BCUT2D eigenvalue weighted by Gasteiger charge is -2.25. The Labute approximate surface area is 119 Å². The van der Waals surface area contributed by atoms with E-state index in [4.69, 9.17) is 0 Å². The van der Waals surface area contributed by atoms with Crippen molar-refractivity contribution in [3.8, 4) is 11.1 Å². The van der Waals surface area contributed by atoms with Gasteiger partial charge in [-0.05, 0) is 30.2 Å². The molecular weight excluding hydrogens is 250 g/mol. The molecular formula is C17H19NO2. The van der Waals surface area contributed by atoms with Crippen LogP contribution in [0.15, 0.2) is 54.6 Å². The number of hydrogen-bond acceptors (Lipinski definition) is 2. The van der Waals surface area contributed by atoms with Crippen molar-refractivity contribution in [2.75, 3.05) is 4.90 Å². The van der Waals surface area contributed by atoms with E-state index >= 15 is 0 Å². The van der Waals surface area contributed by atoms with Gasteiger partial charge in [0, 0.05) is 12.1 Å². The van der Waals surface area contributed by atoms with E-state index < -0.39 is 6.23 Å². The fourth-order valence-corrected chi connectivity index (χ4v) is 2.18. The number of rotatable bonds is 4. The van der Waals surface area contributed by atoms with Crippen LogP contribution in [0.5, 0.6) is 0 Å². The highest BCUT2D eigenvalue weighted by Crippen LogP contribution is 2.24. The van der Waals surface area contributed by atoms with E-state index in [1.54, 1.807) is 13.8 Å². The molecule has 1 unspecified atom stereocenters. The maximum Gasteiger partial charge on any atom is 0.228 e. The van der Waals surface area contributed by atoms with Gasteiger partial charge in [-0.25, -0.2) is 0 Å². The Morgan fingerprint density at radius 3 is 2.10 bits per heavy atom. The van der Waals surface area contributed by atoms with Crippen LogP contribution in [0, 0.1) is 0 Å². The van der Waals surface area contributed by atoms with Gasteiger partial charge in [0.1, 0.15) is 6.23 Å². The van der Waals surface area contributed by atoms with Crippen molar-refractivity contribution >= 4 is 11.6 Å². The second kappa shape index (κ2) is 6.35. The van der Waals surface area contributed by atoms with Crippen LogP contribution < -0.4 is 4.90 Å². The van der Waals surface area contributed by atoms with E-state index in [0.717, 1.165) is 11.1 Å². The molecule has 0 bridgehead atoms. The lowest BCUT2D eigenvalue weighted by Crippen LogP contribution is -2.38. The first kappa shape index (κ1) is 14.3. The van der Waals surface area contributed by atoms with Gasteiger partial charge < -0.3 is 5.11 Å². The average molecular weight is 269 g/mol. The molecule has 0 fully saturated rings. The number of nitrogens with zero attached hydrogens (tertiary/aromatic N) is 1. The summed E-state index contributed by atoms with van der Waals surface area (Å²) in [5.41, 5.74) is 2.93. The van der Waals surface area contributed by atoms with Crippen LogP contribution in [-0.2, 0) is 4.79 Å². The molecule has 2 aromatic rings. The van der Waals surface area contributed by atoms with Crippen molar-refractivity contribution < 1.29 is 9.90 Å². The molecule has 2 aromatic carbocycles. The quantitative estimate of drug-likeness (QED) is 0.864. The highest BCUT2D eigenvalue weighted by Gasteiger charge is 2.18. The molecule has 20 heavy (non-hydrogen) atoms. The van der Waals surface area contributed by atoms with Gasteiger partial charge in [-0.1, -0.05) is 49.4 Å². The Morgan fingerprint density at radius 2 is 1.60 bits per heavy atom. The Bertz CT molecular complexity index is 561. The van der Waals surface area contributed by atoms with Crippen molar-refractivity contribution in [2.24, 2.45) is 0 Å². The maximum absolute atomic E-state index is 11.9. The molecule has 1 amide bonds. The number of aliphatic hydroxyl groups excluding tert-OH is 1. The second-order valence-electron chi connectivity index (χ2n) is 4.66. The van der Waals surface area contributed by atoms with Crippen molar-refractivity contribution in [1.29, 1.82) is 0 Å². The van der Waals surface area contributed by atoms with Crippen LogP contribution in [0.25, 0.3) is 11.1 Å². The van der Waals surface area contributed by atoms with E-state index in [-0.39, 0.29) is 5.91 Å². The fraction of sp³-hybridized carbons (Fsp3) is 0.235. The second-order valence-corrected chi connectivity index (χ2v) is 4.66. The van der Waals surface area contributed by atoms with Gasteiger partial charge in [0.25, 0.3) is 0 Å². The minimum absolute atomic E-state index is 0.0903. The molecule has 3 heteroatoms. The first-order valence-electron chi connectivity index (χ1n) is 6.79. The number of carbonyl (C=O) groups excluding carboxylic acids is 1. The van der Waals surface area contributed by atoms with Crippen LogP contribution in [0.3, 0.4) is 0 Å². The van der Waals surface area contributed by atoms with E-state index in [9.17, 15) is 9.90 Å². The van der Waals surface area contributed by atoms with Crippen molar-refractivity contribution in [3.05, 3.63) is 54.6 Å². The number of carbonyl (C=O) groups is 1. The summed E-state index contributed by atoms with van der Waals surface area (Å²) < 4.78 is 0. The molecule has 0 aliphatic carbocycles. The Hall–Kier alpha value is -2.13. The molecule has 1 atom stereocenters. The largest absolute Gasteiger partial charge is 0.373 e. The van der Waals surface area contributed by atoms with E-state index in [0.29, 0.717) is 12.1 Å². The summed E-state index contributed by atoms with van der Waals surface area (Å²) in [7, 11) is 0. The molecule has 0 spiro atoms. The van der Waals surface area contributed by atoms with Gasteiger partial charge in [0.2, 0.25) is 5.91 Å². The normalized spacial score (nSPS) is 11.9. The summed E-state index contributed by atoms with van der Waals surface area (Å²) in [6.45, 7) is 3.38. The number of amides is 1. The third-order valence-electron chi connectivity index (χ3n) is 3.20. The average Bonchev–Trinajstić information content (AvgIpc) is 2.48. The maximum atomic E-state index is 11.9. The van der Waals surface area contributed by atoms with Gasteiger partial charge in [0.05, 0.1) is 0 Å². The smallest absolute Gasteiger partial charge is 0.228 e. The van der Waals surface area contributed by atoms with Gasteiger partial charge >= 0.3 is 0 Å². The zero-order valence-electron chi connectivity index (χ0n) is 11.8. The summed E-state index contributed by atoms with van der Waals surface area (Å²) >= 11 is 0. The zero-order valence-corrected chi connectivity index (χ0v) is 11.8. The number of anilines is 1. The van der Waals surface area contributed by atoms with Crippen molar-refractivity contribution in [1.82, 2.24) is 0 Å². The van der Waals surface area contributed by atoms with Crippen LogP contribution in [0.1, 0.15) is 20.3 Å². The highest BCUT2D eigenvalue weighted by atomic mass is 16.3. The third kappa shape index (κ3) is 3.06. The minimum Gasteiger partial charge on any atom is -0.373 e. The van der Waals surface area contributed by atoms with Gasteiger partial charge in [0.15, 0.2) is 0 Å². The highest BCUT2D eigenvalue weighted by molar-refractivity contribution is 5.93. The summed E-state index contributed by atoms with van der Waals surface area (Å²) in [6.07, 6.45) is -0.462. The molecule has 104 valence electrons. The lowest BCUT2D eigenvalue weighted by atomic mass is 10.1. The summed E-state index contributed by atoms with van der Waals surface area (Å²) in [6, 6.07) is 17.7. The molecule has 0 aliphatic heterocycles. The van der Waals surface area contributed by atoms with E-state index in [1.807, 2.05) is 54.6 Å². The molecule has 1 N–H and O–H groups in total. The molecule has 0 saturated heterocycles.